The fourth-order valence-corrected chi connectivity index (χ4v) is 1.83. The van der Waals surface area contributed by atoms with Crippen LogP contribution in [0.3, 0.4) is 0 Å². The van der Waals surface area contributed by atoms with Crippen molar-refractivity contribution in [3.05, 3.63) is 40.5 Å². The van der Waals surface area contributed by atoms with Gasteiger partial charge in [0, 0.05) is 11.8 Å². The maximum atomic E-state index is 5.76. The smallest absolute Gasteiger partial charge is 0.161 e. The highest BCUT2D eigenvalue weighted by Gasteiger charge is 2.13. The molecule has 1 aromatic heterocycles. The zero-order valence-corrected chi connectivity index (χ0v) is 12.3. The number of benzene rings is 1. The summed E-state index contributed by atoms with van der Waals surface area (Å²) in [4.78, 5) is 8.52. The van der Waals surface area contributed by atoms with Crippen LogP contribution in [0.1, 0.15) is 26.3 Å². The van der Waals surface area contributed by atoms with Crippen LogP contribution in [0.4, 0.5) is 5.82 Å². The van der Waals surface area contributed by atoms with Gasteiger partial charge < -0.3 is 5.73 Å². The number of nitrogen functional groups attached to an aromatic ring is 1. The van der Waals surface area contributed by atoms with Crippen LogP contribution in [0.15, 0.2) is 34.9 Å². The van der Waals surface area contributed by atoms with Gasteiger partial charge >= 0.3 is 0 Å². The molecule has 2 aromatic rings. The van der Waals surface area contributed by atoms with Gasteiger partial charge in [-0.3, -0.25) is 0 Å². The molecule has 94 valence electrons. The second kappa shape index (κ2) is 4.69. The third-order valence-corrected chi connectivity index (χ3v) is 3.39. The zero-order chi connectivity index (χ0) is 13.3. The van der Waals surface area contributed by atoms with Crippen LogP contribution in [0.2, 0.25) is 0 Å². The van der Waals surface area contributed by atoms with Gasteiger partial charge in [-0.2, -0.15) is 0 Å². The summed E-state index contributed by atoms with van der Waals surface area (Å²) in [6, 6.07) is 8.28. The van der Waals surface area contributed by atoms with Gasteiger partial charge in [0.15, 0.2) is 5.82 Å². The molecule has 0 aliphatic rings. The SMILES string of the molecule is CC(C)(C)c1ccc(-c2ncc(Br)c(N)n2)cc1. The van der Waals surface area contributed by atoms with Gasteiger partial charge in [-0.15, -0.1) is 0 Å². The number of aromatic nitrogens is 2. The Morgan fingerprint density at radius 3 is 2.22 bits per heavy atom. The number of hydrogen-bond donors (Lipinski definition) is 1. The fraction of sp³-hybridized carbons (Fsp3) is 0.286. The summed E-state index contributed by atoms with van der Waals surface area (Å²) >= 11 is 3.29. The molecule has 0 saturated carbocycles. The lowest BCUT2D eigenvalue weighted by Gasteiger charge is -2.19. The first-order valence-electron chi connectivity index (χ1n) is 5.77. The number of anilines is 1. The van der Waals surface area contributed by atoms with E-state index in [0.717, 1.165) is 10.0 Å². The second-order valence-electron chi connectivity index (χ2n) is 5.25. The fourth-order valence-electron chi connectivity index (χ4n) is 1.64. The average Bonchev–Trinajstić information content (AvgIpc) is 2.32. The maximum absolute atomic E-state index is 5.76. The molecule has 0 spiro atoms. The van der Waals surface area contributed by atoms with Crippen LogP contribution in [-0.4, -0.2) is 9.97 Å². The van der Waals surface area contributed by atoms with Gasteiger partial charge in [0.05, 0.1) is 4.47 Å². The lowest BCUT2D eigenvalue weighted by Crippen LogP contribution is -2.10. The highest BCUT2D eigenvalue weighted by atomic mass is 79.9. The Morgan fingerprint density at radius 1 is 1.11 bits per heavy atom. The predicted molar refractivity (Wildman–Crippen MR) is 78.3 cm³/mol. The molecule has 3 nitrogen and oxygen atoms in total. The Hall–Kier alpha value is -1.42. The topological polar surface area (TPSA) is 51.8 Å². The van der Waals surface area contributed by atoms with Crippen molar-refractivity contribution in [2.45, 2.75) is 26.2 Å². The molecule has 0 atom stereocenters. The molecule has 18 heavy (non-hydrogen) atoms. The molecular weight excluding hydrogens is 290 g/mol. The standard InChI is InChI=1S/C14H16BrN3/c1-14(2,3)10-6-4-9(5-7-10)13-17-8-11(15)12(16)18-13/h4-8H,1-3H3,(H2,16,17,18). The van der Waals surface area contributed by atoms with Crippen LogP contribution < -0.4 is 5.73 Å². The van der Waals surface area contributed by atoms with Crippen molar-refractivity contribution in [2.75, 3.05) is 5.73 Å². The van der Waals surface area contributed by atoms with Gasteiger partial charge in [0.2, 0.25) is 0 Å². The van der Waals surface area contributed by atoms with Crippen molar-refractivity contribution in [1.82, 2.24) is 9.97 Å². The van der Waals surface area contributed by atoms with Crippen LogP contribution >= 0.6 is 15.9 Å². The monoisotopic (exact) mass is 305 g/mol. The van der Waals surface area contributed by atoms with E-state index in [9.17, 15) is 0 Å². The molecule has 0 amide bonds. The molecule has 0 bridgehead atoms. The van der Waals surface area contributed by atoms with Crippen molar-refractivity contribution >= 4 is 21.7 Å². The van der Waals surface area contributed by atoms with Crippen molar-refractivity contribution in [2.24, 2.45) is 0 Å². The van der Waals surface area contributed by atoms with Crippen molar-refractivity contribution in [3.63, 3.8) is 0 Å². The first-order valence-corrected chi connectivity index (χ1v) is 6.56. The molecule has 2 rings (SSSR count). The lowest BCUT2D eigenvalue weighted by atomic mass is 9.87. The quantitative estimate of drug-likeness (QED) is 0.872. The first-order chi connectivity index (χ1) is 8.38. The van der Waals surface area contributed by atoms with E-state index in [-0.39, 0.29) is 5.41 Å². The van der Waals surface area contributed by atoms with Crippen molar-refractivity contribution in [1.29, 1.82) is 0 Å². The van der Waals surface area contributed by atoms with Gasteiger partial charge in [-0.25, -0.2) is 9.97 Å². The molecular formula is C14H16BrN3. The minimum atomic E-state index is 0.151. The lowest BCUT2D eigenvalue weighted by molar-refractivity contribution is 0.590. The molecule has 0 unspecified atom stereocenters. The number of nitrogens with two attached hydrogens (primary N) is 1. The molecule has 2 N–H and O–H groups in total. The summed E-state index contributed by atoms with van der Waals surface area (Å²) in [6.45, 7) is 6.57. The predicted octanol–water partition coefficient (Wildman–Crippen LogP) is 3.79. The highest BCUT2D eigenvalue weighted by molar-refractivity contribution is 9.10. The summed E-state index contributed by atoms with van der Waals surface area (Å²) in [7, 11) is 0. The minimum Gasteiger partial charge on any atom is -0.383 e. The van der Waals surface area contributed by atoms with E-state index in [0.29, 0.717) is 11.6 Å². The number of halogens is 1. The van der Waals surface area contributed by atoms with Crippen LogP contribution in [0.25, 0.3) is 11.4 Å². The Labute approximate surface area is 116 Å². The summed E-state index contributed by atoms with van der Waals surface area (Å²) in [5.74, 6) is 1.11. The highest BCUT2D eigenvalue weighted by Crippen LogP contribution is 2.25. The Kier molecular flexibility index (Phi) is 3.39. The molecule has 0 aliphatic carbocycles. The van der Waals surface area contributed by atoms with E-state index in [1.165, 1.54) is 5.56 Å². The summed E-state index contributed by atoms with van der Waals surface area (Å²) in [5.41, 5.74) is 8.17. The van der Waals surface area contributed by atoms with E-state index >= 15 is 0 Å². The Balaban J connectivity index is 2.37. The van der Waals surface area contributed by atoms with Gasteiger partial charge in [0.25, 0.3) is 0 Å². The summed E-state index contributed by atoms with van der Waals surface area (Å²) in [6.07, 6.45) is 1.68. The number of rotatable bonds is 1. The van der Waals surface area contributed by atoms with Crippen LogP contribution in [-0.2, 0) is 5.41 Å². The Bertz CT molecular complexity index is 556. The van der Waals surface area contributed by atoms with Crippen molar-refractivity contribution < 1.29 is 0 Å². The van der Waals surface area contributed by atoms with E-state index < -0.39 is 0 Å². The van der Waals surface area contributed by atoms with Crippen LogP contribution in [0, 0.1) is 0 Å². The minimum absolute atomic E-state index is 0.151. The first kappa shape index (κ1) is 13.0. The number of nitrogens with zero attached hydrogens (tertiary/aromatic N) is 2. The maximum Gasteiger partial charge on any atom is 0.161 e. The van der Waals surface area contributed by atoms with E-state index in [1.54, 1.807) is 6.20 Å². The normalized spacial score (nSPS) is 11.6. The van der Waals surface area contributed by atoms with E-state index in [4.69, 9.17) is 5.73 Å². The molecule has 0 fully saturated rings. The summed E-state index contributed by atoms with van der Waals surface area (Å²) in [5, 5.41) is 0. The van der Waals surface area contributed by atoms with Gasteiger partial charge in [-0.1, -0.05) is 45.0 Å². The molecule has 1 heterocycles. The molecule has 4 heteroatoms. The third kappa shape index (κ3) is 2.70. The molecule has 0 aliphatic heterocycles. The third-order valence-electron chi connectivity index (χ3n) is 2.78. The Morgan fingerprint density at radius 2 is 1.72 bits per heavy atom. The average molecular weight is 306 g/mol. The van der Waals surface area contributed by atoms with Crippen LogP contribution in [0.5, 0.6) is 0 Å². The largest absolute Gasteiger partial charge is 0.383 e. The van der Waals surface area contributed by atoms with Crippen molar-refractivity contribution in [3.8, 4) is 11.4 Å². The van der Waals surface area contributed by atoms with E-state index in [2.05, 4.69) is 58.8 Å². The molecule has 0 radical (unpaired) electrons. The van der Waals surface area contributed by atoms with Gasteiger partial charge in [-0.05, 0) is 26.9 Å². The molecule has 1 aromatic carbocycles. The molecule has 0 saturated heterocycles. The number of hydrogen-bond acceptors (Lipinski definition) is 3. The second-order valence-corrected chi connectivity index (χ2v) is 6.11. The van der Waals surface area contributed by atoms with E-state index in [1.807, 2.05) is 12.1 Å². The summed E-state index contributed by atoms with van der Waals surface area (Å²) < 4.78 is 0.720. The van der Waals surface area contributed by atoms with Gasteiger partial charge in [0.1, 0.15) is 5.82 Å². The zero-order valence-electron chi connectivity index (χ0n) is 10.7.